The van der Waals surface area contributed by atoms with Crippen molar-refractivity contribution in [1.29, 1.82) is 0 Å². The third-order valence-corrected chi connectivity index (χ3v) is 5.41. The van der Waals surface area contributed by atoms with Crippen LogP contribution in [0.4, 0.5) is 4.39 Å². The summed E-state index contributed by atoms with van der Waals surface area (Å²) in [6.45, 7) is 1.81. The van der Waals surface area contributed by atoms with Gasteiger partial charge in [-0.1, -0.05) is 35.5 Å². The standard InChI is InChI=1S/C18H19FN4O3S/c1-13(24)18(21-27(25,26)16-5-3-2-4-6-16)17-12-23(22-20-17)11-14-7-9-15(19)10-8-14/h2-10,12-13,18,21,24H,11H2,1H3/t13-,18+/m1/s1. The van der Waals surface area contributed by atoms with Crippen LogP contribution in [-0.2, 0) is 16.6 Å². The normalized spacial score (nSPS) is 14.0. The van der Waals surface area contributed by atoms with E-state index in [1.807, 2.05) is 0 Å². The van der Waals surface area contributed by atoms with Crippen LogP contribution in [0.3, 0.4) is 0 Å². The molecule has 142 valence electrons. The molecule has 0 unspecified atom stereocenters. The van der Waals surface area contributed by atoms with E-state index in [4.69, 9.17) is 0 Å². The van der Waals surface area contributed by atoms with Crippen LogP contribution >= 0.6 is 0 Å². The van der Waals surface area contributed by atoms with Gasteiger partial charge in [0.15, 0.2) is 0 Å². The summed E-state index contributed by atoms with van der Waals surface area (Å²) in [6, 6.07) is 12.9. The lowest BCUT2D eigenvalue weighted by atomic mass is 10.1. The highest BCUT2D eigenvalue weighted by Gasteiger charge is 2.27. The van der Waals surface area contributed by atoms with Gasteiger partial charge >= 0.3 is 0 Å². The van der Waals surface area contributed by atoms with Crippen molar-refractivity contribution < 1.29 is 17.9 Å². The number of hydrogen-bond donors (Lipinski definition) is 2. The first kappa shape index (κ1) is 19.2. The van der Waals surface area contributed by atoms with E-state index >= 15 is 0 Å². The smallest absolute Gasteiger partial charge is 0.241 e. The molecule has 9 heteroatoms. The first-order valence-electron chi connectivity index (χ1n) is 8.25. The second kappa shape index (κ2) is 7.95. The molecule has 0 saturated carbocycles. The van der Waals surface area contributed by atoms with Gasteiger partial charge in [-0.3, -0.25) is 0 Å². The number of halogens is 1. The molecule has 27 heavy (non-hydrogen) atoms. The van der Waals surface area contributed by atoms with Gasteiger partial charge in [0.1, 0.15) is 11.5 Å². The Hall–Kier alpha value is -2.62. The molecule has 0 spiro atoms. The maximum absolute atomic E-state index is 13.0. The summed E-state index contributed by atoms with van der Waals surface area (Å²) in [5.41, 5.74) is 1.10. The van der Waals surface area contributed by atoms with Gasteiger partial charge in [-0.2, -0.15) is 4.72 Å². The third-order valence-electron chi connectivity index (χ3n) is 3.95. The molecule has 0 aliphatic rings. The average molecular weight is 390 g/mol. The molecule has 0 radical (unpaired) electrons. The van der Waals surface area contributed by atoms with Gasteiger partial charge in [0.25, 0.3) is 0 Å². The molecule has 3 rings (SSSR count). The van der Waals surface area contributed by atoms with Gasteiger partial charge in [0, 0.05) is 0 Å². The van der Waals surface area contributed by atoms with E-state index in [1.54, 1.807) is 36.5 Å². The number of rotatable bonds is 7. The molecule has 0 bridgehead atoms. The van der Waals surface area contributed by atoms with E-state index in [1.165, 1.54) is 35.9 Å². The molecule has 0 amide bonds. The van der Waals surface area contributed by atoms with Crippen molar-refractivity contribution >= 4 is 10.0 Å². The number of aromatic nitrogens is 3. The van der Waals surface area contributed by atoms with Crippen LogP contribution in [0.5, 0.6) is 0 Å². The van der Waals surface area contributed by atoms with Gasteiger partial charge in [-0.15, -0.1) is 5.10 Å². The topological polar surface area (TPSA) is 97.1 Å². The number of nitrogens with zero attached hydrogens (tertiary/aromatic N) is 3. The summed E-state index contributed by atoms with van der Waals surface area (Å²) in [6.07, 6.45) is 0.522. The van der Waals surface area contributed by atoms with Crippen molar-refractivity contribution in [2.24, 2.45) is 0 Å². The van der Waals surface area contributed by atoms with Gasteiger partial charge in [0.2, 0.25) is 10.0 Å². The number of benzene rings is 2. The predicted octanol–water partition coefficient (Wildman–Crippen LogP) is 1.87. The first-order valence-corrected chi connectivity index (χ1v) is 9.73. The lowest BCUT2D eigenvalue weighted by molar-refractivity contribution is 0.155. The van der Waals surface area contributed by atoms with E-state index in [2.05, 4.69) is 15.0 Å². The third kappa shape index (κ3) is 4.76. The second-order valence-electron chi connectivity index (χ2n) is 6.12. The highest BCUT2D eigenvalue weighted by molar-refractivity contribution is 7.89. The van der Waals surface area contributed by atoms with Crippen LogP contribution < -0.4 is 4.72 Å². The molecular formula is C18H19FN4O3S. The minimum Gasteiger partial charge on any atom is -0.391 e. The predicted molar refractivity (Wildman–Crippen MR) is 96.7 cm³/mol. The van der Waals surface area contributed by atoms with Crippen LogP contribution in [0.1, 0.15) is 24.2 Å². The molecule has 2 aromatic carbocycles. The molecule has 0 fully saturated rings. The average Bonchev–Trinajstić information content (AvgIpc) is 3.10. The van der Waals surface area contributed by atoms with Crippen molar-refractivity contribution in [3.8, 4) is 0 Å². The van der Waals surface area contributed by atoms with Crippen molar-refractivity contribution in [2.45, 2.75) is 30.5 Å². The lowest BCUT2D eigenvalue weighted by Gasteiger charge is -2.19. The molecule has 3 aromatic rings. The minimum atomic E-state index is -3.84. The molecule has 2 N–H and O–H groups in total. The Balaban J connectivity index is 1.80. The molecule has 0 saturated heterocycles. The highest BCUT2D eigenvalue weighted by Crippen LogP contribution is 2.19. The fourth-order valence-electron chi connectivity index (χ4n) is 2.55. The van der Waals surface area contributed by atoms with Crippen LogP contribution in [-0.4, -0.2) is 34.6 Å². The Morgan fingerprint density at radius 3 is 2.44 bits per heavy atom. The summed E-state index contributed by atoms with van der Waals surface area (Å²) in [7, 11) is -3.84. The SMILES string of the molecule is C[C@@H](O)[C@H](NS(=O)(=O)c1ccccc1)c1cn(Cc2ccc(F)cc2)nn1. The molecule has 1 heterocycles. The van der Waals surface area contributed by atoms with Crippen LogP contribution in [0.25, 0.3) is 0 Å². The zero-order valence-corrected chi connectivity index (χ0v) is 15.3. The lowest BCUT2D eigenvalue weighted by Crippen LogP contribution is -2.35. The monoisotopic (exact) mass is 390 g/mol. The largest absolute Gasteiger partial charge is 0.391 e. The van der Waals surface area contributed by atoms with Gasteiger partial charge in [0.05, 0.1) is 29.8 Å². The van der Waals surface area contributed by atoms with Crippen molar-refractivity contribution in [1.82, 2.24) is 19.7 Å². The fourth-order valence-corrected chi connectivity index (χ4v) is 3.85. The van der Waals surface area contributed by atoms with E-state index in [-0.39, 0.29) is 16.4 Å². The van der Waals surface area contributed by atoms with Crippen LogP contribution in [0.2, 0.25) is 0 Å². The van der Waals surface area contributed by atoms with E-state index in [0.29, 0.717) is 6.54 Å². The number of nitrogens with one attached hydrogen (secondary N) is 1. The quantitative estimate of drug-likeness (QED) is 0.642. The van der Waals surface area contributed by atoms with Gasteiger partial charge < -0.3 is 5.11 Å². The summed E-state index contributed by atoms with van der Waals surface area (Å²) in [5, 5.41) is 18.0. The zero-order chi connectivity index (χ0) is 19.4. The second-order valence-corrected chi connectivity index (χ2v) is 7.83. The van der Waals surface area contributed by atoms with Crippen molar-refractivity contribution in [2.75, 3.05) is 0 Å². The fraction of sp³-hybridized carbons (Fsp3) is 0.222. The minimum absolute atomic E-state index is 0.0920. The van der Waals surface area contributed by atoms with Gasteiger partial charge in [-0.05, 0) is 36.8 Å². The maximum atomic E-state index is 13.0. The summed E-state index contributed by atoms with van der Waals surface area (Å²) in [5.74, 6) is -0.331. The molecule has 0 aliphatic heterocycles. The Kier molecular flexibility index (Phi) is 5.64. The summed E-state index contributed by atoms with van der Waals surface area (Å²) >= 11 is 0. The highest BCUT2D eigenvalue weighted by atomic mass is 32.2. The van der Waals surface area contributed by atoms with Crippen molar-refractivity contribution in [3.63, 3.8) is 0 Å². The molecule has 7 nitrogen and oxygen atoms in total. The summed E-state index contributed by atoms with van der Waals surface area (Å²) in [4.78, 5) is 0.0920. The van der Waals surface area contributed by atoms with E-state index < -0.39 is 22.2 Å². The van der Waals surface area contributed by atoms with Gasteiger partial charge in [-0.25, -0.2) is 17.5 Å². The first-order chi connectivity index (χ1) is 12.8. The number of sulfonamides is 1. The molecular weight excluding hydrogens is 371 g/mol. The Labute approximate surface area is 156 Å². The van der Waals surface area contributed by atoms with E-state index in [9.17, 15) is 17.9 Å². The number of aliphatic hydroxyl groups excluding tert-OH is 1. The Morgan fingerprint density at radius 2 is 1.81 bits per heavy atom. The molecule has 2 atom stereocenters. The number of hydrogen-bond acceptors (Lipinski definition) is 5. The maximum Gasteiger partial charge on any atom is 0.241 e. The molecule has 1 aromatic heterocycles. The van der Waals surface area contributed by atoms with E-state index in [0.717, 1.165) is 5.56 Å². The summed E-state index contributed by atoms with van der Waals surface area (Å²) < 4.78 is 42.0. The number of aliphatic hydroxyl groups is 1. The van der Waals surface area contributed by atoms with Crippen LogP contribution in [0, 0.1) is 5.82 Å². The van der Waals surface area contributed by atoms with Crippen molar-refractivity contribution in [3.05, 3.63) is 77.9 Å². The molecule has 0 aliphatic carbocycles. The Morgan fingerprint density at radius 1 is 1.15 bits per heavy atom. The zero-order valence-electron chi connectivity index (χ0n) is 14.5. The van der Waals surface area contributed by atoms with Crippen LogP contribution in [0.15, 0.2) is 65.7 Å². The Bertz CT molecular complexity index is 989.